The van der Waals surface area contributed by atoms with Crippen LogP contribution in [0, 0.1) is 0 Å². The van der Waals surface area contributed by atoms with E-state index in [1.54, 1.807) is 12.1 Å². The minimum atomic E-state index is -0.199. The van der Waals surface area contributed by atoms with E-state index >= 15 is 0 Å². The summed E-state index contributed by atoms with van der Waals surface area (Å²) >= 11 is 0. The molecule has 0 atom stereocenters. The second kappa shape index (κ2) is 5.93. The number of rotatable bonds is 3. The van der Waals surface area contributed by atoms with Crippen LogP contribution in [0.25, 0.3) is 0 Å². The molecular formula is C16H20N4O. The third-order valence-corrected chi connectivity index (χ3v) is 3.18. The number of anilines is 2. The van der Waals surface area contributed by atoms with Gasteiger partial charge in [0.2, 0.25) is 0 Å². The number of carbonyl (C=O) groups is 1. The molecule has 0 radical (unpaired) electrons. The van der Waals surface area contributed by atoms with Crippen LogP contribution in [-0.4, -0.2) is 10.9 Å². The Labute approximate surface area is 124 Å². The van der Waals surface area contributed by atoms with Crippen LogP contribution in [-0.2, 0) is 5.41 Å². The second-order valence-electron chi connectivity index (χ2n) is 5.86. The van der Waals surface area contributed by atoms with Crippen molar-refractivity contribution in [3.63, 3.8) is 0 Å². The van der Waals surface area contributed by atoms with Crippen molar-refractivity contribution in [2.24, 2.45) is 5.84 Å². The van der Waals surface area contributed by atoms with Gasteiger partial charge in [0.05, 0.1) is 5.56 Å². The average molecular weight is 284 g/mol. The van der Waals surface area contributed by atoms with E-state index in [1.165, 1.54) is 11.8 Å². The summed E-state index contributed by atoms with van der Waals surface area (Å²) in [6.07, 6.45) is 1.48. The van der Waals surface area contributed by atoms with Crippen molar-refractivity contribution in [2.75, 3.05) is 10.7 Å². The molecule has 21 heavy (non-hydrogen) atoms. The number of hydrazine groups is 1. The van der Waals surface area contributed by atoms with Crippen molar-refractivity contribution in [1.82, 2.24) is 4.98 Å². The summed E-state index contributed by atoms with van der Waals surface area (Å²) in [5.41, 5.74) is 4.98. The van der Waals surface area contributed by atoms with E-state index in [9.17, 15) is 4.79 Å². The molecule has 1 amide bonds. The Balaban J connectivity index is 2.08. The highest BCUT2D eigenvalue weighted by molar-refractivity contribution is 6.04. The van der Waals surface area contributed by atoms with Gasteiger partial charge in [0.25, 0.3) is 5.91 Å². The zero-order valence-corrected chi connectivity index (χ0v) is 12.5. The van der Waals surface area contributed by atoms with Crippen LogP contribution in [0.2, 0.25) is 0 Å². The van der Waals surface area contributed by atoms with E-state index in [2.05, 4.69) is 36.5 Å². The molecule has 2 aromatic rings. The van der Waals surface area contributed by atoms with Gasteiger partial charge in [-0.3, -0.25) is 4.79 Å². The maximum absolute atomic E-state index is 12.1. The maximum Gasteiger partial charge on any atom is 0.257 e. The minimum absolute atomic E-state index is 0.0948. The van der Waals surface area contributed by atoms with Crippen molar-refractivity contribution in [1.29, 1.82) is 0 Å². The Kier molecular flexibility index (Phi) is 4.23. The van der Waals surface area contributed by atoms with E-state index in [0.29, 0.717) is 11.4 Å². The second-order valence-corrected chi connectivity index (χ2v) is 5.86. The van der Waals surface area contributed by atoms with Gasteiger partial charge in [-0.15, -0.1) is 0 Å². The molecule has 0 spiro atoms. The first-order valence-electron chi connectivity index (χ1n) is 6.75. The average Bonchev–Trinajstić information content (AvgIpc) is 2.47. The molecule has 1 aromatic heterocycles. The Bertz CT molecular complexity index is 612. The summed E-state index contributed by atoms with van der Waals surface area (Å²) in [6, 6.07) is 11.2. The van der Waals surface area contributed by atoms with Crippen LogP contribution >= 0.6 is 0 Å². The van der Waals surface area contributed by atoms with Crippen LogP contribution in [0.4, 0.5) is 11.5 Å². The standard InChI is InChI=1S/C16H20N4O/c1-16(2,3)12-5-7-13(8-6-12)19-15(21)11-4-9-14(20-17)18-10-11/h4-10H,17H2,1-3H3,(H,18,20)(H,19,21). The van der Waals surface area contributed by atoms with Crippen LogP contribution in [0.3, 0.4) is 0 Å². The molecule has 0 unspecified atom stereocenters. The summed E-state index contributed by atoms with van der Waals surface area (Å²) in [5.74, 6) is 5.55. The molecule has 0 saturated carbocycles. The fourth-order valence-corrected chi connectivity index (χ4v) is 1.87. The highest BCUT2D eigenvalue weighted by Gasteiger charge is 2.13. The van der Waals surface area contributed by atoms with Crippen LogP contribution in [0.1, 0.15) is 36.7 Å². The molecule has 1 heterocycles. The van der Waals surface area contributed by atoms with E-state index in [0.717, 1.165) is 5.69 Å². The van der Waals surface area contributed by atoms with E-state index in [-0.39, 0.29) is 11.3 Å². The first-order chi connectivity index (χ1) is 9.90. The Morgan fingerprint density at radius 1 is 1.10 bits per heavy atom. The molecule has 110 valence electrons. The number of nitrogens with two attached hydrogens (primary N) is 1. The van der Waals surface area contributed by atoms with Crippen molar-refractivity contribution in [2.45, 2.75) is 26.2 Å². The number of hydrogen-bond acceptors (Lipinski definition) is 4. The molecule has 0 aliphatic heterocycles. The lowest BCUT2D eigenvalue weighted by Crippen LogP contribution is -2.14. The lowest BCUT2D eigenvalue weighted by Gasteiger charge is -2.19. The molecule has 0 fully saturated rings. The fraction of sp³-hybridized carbons (Fsp3) is 0.250. The van der Waals surface area contributed by atoms with Gasteiger partial charge < -0.3 is 10.7 Å². The number of pyridine rings is 1. The molecular weight excluding hydrogens is 264 g/mol. The first-order valence-corrected chi connectivity index (χ1v) is 6.75. The molecule has 5 nitrogen and oxygen atoms in total. The molecule has 0 bridgehead atoms. The monoisotopic (exact) mass is 284 g/mol. The predicted octanol–water partition coefficient (Wildman–Crippen LogP) is 2.92. The Morgan fingerprint density at radius 2 is 1.76 bits per heavy atom. The van der Waals surface area contributed by atoms with Gasteiger partial charge in [0, 0.05) is 11.9 Å². The number of aromatic nitrogens is 1. The van der Waals surface area contributed by atoms with E-state index in [1.807, 2.05) is 24.3 Å². The number of nitrogen functional groups attached to an aromatic ring is 1. The van der Waals surface area contributed by atoms with Crippen molar-refractivity contribution in [3.05, 3.63) is 53.7 Å². The summed E-state index contributed by atoms with van der Waals surface area (Å²) in [5, 5.41) is 2.84. The van der Waals surface area contributed by atoms with Gasteiger partial charge in [-0.1, -0.05) is 32.9 Å². The van der Waals surface area contributed by atoms with Crippen molar-refractivity contribution >= 4 is 17.4 Å². The van der Waals surface area contributed by atoms with Gasteiger partial charge in [-0.2, -0.15) is 0 Å². The van der Waals surface area contributed by atoms with E-state index in [4.69, 9.17) is 5.84 Å². The van der Waals surface area contributed by atoms with Gasteiger partial charge in [0.1, 0.15) is 5.82 Å². The smallest absolute Gasteiger partial charge is 0.257 e. The van der Waals surface area contributed by atoms with Crippen LogP contribution in [0.5, 0.6) is 0 Å². The quantitative estimate of drug-likeness (QED) is 0.598. The Hall–Kier alpha value is -2.40. The topological polar surface area (TPSA) is 80.0 Å². The van der Waals surface area contributed by atoms with Gasteiger partial charge in [-0.05, 0) is 35.2 Å². The highest BCUT2D eigenvalue weighted by Crippen LogP contribution is 2.23. The zero-order valence-electron chi connectivity index (χ0n) is 12.5. The largest absolute Gasteiger partial charge is 0.322 e. The lowest BCUT2D eigenvalue weighted by molar-refractivity contribution is 0.102. The maximum atomic E-state index is 12.1. The van der Waals surface area contributed by atoms with Gasteiger partial charge >= 0.3 is 0 Å². The number of amides is 1. The fourth-order valence-electron chi connectivity index (χ4n) is 1.87. The molecule has 0 aliphatic rings. The van der Waals surface area contributed by atoms with E-state index < -0.39 is 0 Å². The molecule has 1 aromatic carbocycles. The molecule has 2 rings (SSSR count). The SMILES string of the molecule is CC(C)(C)c1ccc(NC(=O)c2ccc(NN)nc2)cc1. The number of hydrogen-bond donors (Lipinski definition) is 3. The van der Waals surface area contributed by atoms with Gasteiger partial charge in [-0.25, -0.2) is 10.8 Å². The first kappa shape index (κ1) is 15.0. The molecule has 5 heteroatoms. The number of nitrogens with one attached hydrogen (secondary N) is 2. The van der Waals surface area contributed by atoms with Crippen molar-refractivity contribution in [3.8, 4) is 0 Å². The Morgan fingerprint density at radius 3 is 2.24 bits per heavy atom. The third-order valence-electron chi connectivity index (χ3n) is 3.18. The normalized spacial score (nSPS) is 11.0. The summed E-state index contributed by atoms with van der Waals surface area (Å²) in [6.45, 7) is 6.46. The zero-order chi connectivity index (χ0) is 15.5. The van der Waals surface area contributed by atoms with Crippen LogP contribution in [0.15, 0.2) is 42.6 Å². The van der Waals surface area contributed by atoms with Crippen molar-refractivity contribution < 1.29 is 4.79 Å². The lowest BCUT2D eigenvalue weighted by atomic mass is 9.87. The van der Waals surface area contributed by atoms with Gasteiger partial charge in [0.15, 0.2) is 0 Å². The molecule has 0 aliphatic carbocycles. The molecule has 4 N–H and O–H groups in total. The number of carbonyl (C=O) groups excluding carboxylic acids is 1. The highest BCUT2D eigenvalue weighted by atomic mass is 16.1. The van der Waals surface area contributed by atoms with Crippen LogP contribution < -0.4 is 16.6 Å². The number of nitrogens with zero attached hydrogens (tertiary/aromatic N) is 1. The summed E-state index contributed by atoms with van der Waals surface area (Å²) in [4.78, 5) is 16.1. The minimum Gasteiger partial charge on any atom is -0.322 e. The summed E-state index contributed by atoms with van der Waals surface area (Å²) < 4.78 is 0. The summed E-state index contributed by atoms with van der Waals surface area (Å²) in [7, 11) is 0. The predicted molar refractivity (Wildman–Crippen MR) is 85.1 cm³/mol. The molecule has 0 saturated heterocycles. The third kappa shape index (κ3) is 3.79. The number of benzene rings is 1.